The van der Waals surface area contributed by atoms with Crippen molar-refractivity contribution in [3.05, 3.63) is 84.2 Å². The molecular formula is C24H21FN4O2S. The predicted molar refractivity (Wildman–Crippen MR) is 124 cm³/mol. The first-order valence-electron chi connectivity index (χ1n) is 9.90. The molecule has 32 heavy (non-hydrogen) atoms. The zero-order valence-electron chi connectivity index (χ0n) is 17.6. The highest BCUT2D eigenvalue weighted by Gasteiger charge is 2.19. The molecule has 0 unspecified atom stereocenters. The molecule has 4 rings (SSSR count). The molecule has 1 amide bonds. The van der Waals surface area contributed by atoms with Gasteiger partial charge in [-0.15, -0.1) is 10.2 Å². The number of halogens is 1. The third kappa shape index (κ3) is 4.65. The second-order valence-corrected chi connectivity index (χ2v) is 7.94. The molecular weight excluding hydrogens is 427 g/mol. The number of rotatable bonds is 7. The Morgan fingerprint density at radius 3 is 2.56 bits per heavy atom. The lowest BCUT2D eigenvalue weighted by molar-refractivity contribution is -0.113. The van der Waals surface area contributed by atoms with E-state index in [4.69, 9.17) is 4.74 Å². The van der Waals surface area contributed by atoms with Gasteiger partial charge < -0.3 is 10.1 Å². The molecule has 8 heteroatoms. The molecule has 3 aromatic carbocycles. The van der Waals surface area contributed by atoms with E-state index in [1.54, 1.807) is 29.9 Å². The van der Waals surface area contributed by atoms with Crippen molar-refractivity contribution >= 4 is 23.4 Å². The van der Waals surface area contributed by atoms with E-state index in [0.717, 1.165) is 11.3 Å². The average molecular weight is 449 g/mol. The summed E-state index contributed by atoms with van der Waals surface area (Å²) in [5.41, 5.74) is 2.73. The molecule has 1 N–H and O–H groups in total. The van der Waals surface area contributed by atoms with Gasteiger partial charge in [-0.05, 0) is 48.9 Å². The minimum Gasteiger partial charge on any atom is -0.495 e. The van der Waals surface area contributed by atoms with Crippen LogP contribution in [0, 0.1) is 12.7 Å². The van der Waals surface area contributed by atoms with Crippen molar-refractivity contribution in [3.63, 3.8) is 0 Å². The van der Waals surface area contributed by atoms with Crippen molar-refractivity contribution in [3.8, 4) is 22.8 Å². The number of aromatic nitrogens is 3. The summed E-state index contributed by atoms with van der Waals surface area (Å²) in [5.74, 6) is 0.451. The van der Waals surface area contributed by atoms with Crippen LogP contribution in [0.2, 0.25) is 0 Å². The molecule has 0 radical (unpaired) electrons. The molecule has 0 spiro atoms. The third-order valence-electron chi connectivity index (χ3n) is 4.72. The highest BCUT2D eigenvalue weighted by molar-refractivity contribution is 7.99. The summed E-state index contributed by atoms with van der Waals surface area (Å²) < 4.78 is 21.6. The van der Waals surface area contributed by atoms with Crippen molar-refractivity contribution in [1.29, 1.82) is 0 Å². The molecule has 1 heterocycles. The van der Waals surface area contributed by atoms with Crippen LogP contribution in [0.3, 0.4) is 0 Å². The zero-order chi connectivity index (χ0) is 22.5. The van der Waals surface area contributed by atoms with E-state index >= 15 is 0 Å². The molecule has 6 nitrogen and oxygen atoms in total. The number of anilines is 1. The van der Waals surface area contributed by atoms with Crippen LogP contribution in [-0.2, 0) is 4.79 Å². The highest BCUT2D eigenvalue weighted by atomic mass is 32.2. The standard InChI is InChI=1S/C24H21FN4O2S/c1-16-12-13-21(31-2)20(14-16)26-22(30)15-32-24-28-27-23(18-10-6-7-11-19(18)25)29(24)17-8-4-3-5-9-17/h3-14H,15H2,1-2H3,(H,26,30). The fourth-order valence-electron chi connectivity index (χ4n) is 3.23. The van der Waals surface area contributed by atoms with E-state index in [9.17, 15) is 9.18 Å². The maximum absolute atomic E-state index is 14.5. The summed E-state index contributed by atoms with van der Waals surface area (Å²) in [6.07, 6.45) is 0. The van der Waals surface area contributed by atoms with Crippen LogP contribution in [0.1, 0.15) is 5.56 Å². The van der Waals surface area contributed by atoms with Gasteiger partial charge in [0.25, 0.3) is 0 Å². The Labute approximate surface area is 189 Å². The van der Waals surface area contributed by atoms with Gasteiger partial charge in [0.15, 0.2) is 11.0 Å². The largest absolute Gasteiger partial charge is 0.495 e. The average Bonchev–Trinajstić information content (AvgIpc) is 3.22. The number of thioether (sulfide) groups is 1. The highest BCUT2D eigenvalue weighted by Crippen LogP contribution is 2.30. The quantitative estimate of drug-likeness (QED) is 0.398. The summed E-state index contributed by atoms with van der Waals surface area (Å²) in [4.78, 5) is 12.6. The number of carbonyl (C=O) groups is 1. The van der Waals surface area contributed by atoms with Crippen LogP contribution in [0.15, 0.2) is 78.0 Å². The van der Waals surface area contributed by atoms with Crippen LogP contribution in [0.25, 0.3) is 17.1 Å². The number of nitrogens with one attached hydrogen (secondary N) is 1. The molecule has 0 saturated heterocycles. The number of methoxy groups -OCH3 is 1. The Morgan fingerprint density at radius 1 is 1.06 bits per heavy atom. The maximum atomic E-state index is 14.5. The Bertz CT molecular complexity index is 1240. The number of amides is 1. The molecule has 0 saturated carbocycles. The van der Waals surface area contributed by atoms with Gasteiger partial charge in [-0.3, -0.25) is 9.36 Å². The first-order chi connectivity index (χ1) is 15.6. The number of aryl methyl sites for hydroxylation is 1. The van der Waals surface area contributed by atoms with E-state index in [1.165, 1.54) is 17.8 Å². The summed E-state index contributed by atoms with van der Waals surface area (Å²) in [7, 11) is 1.56. The van der Waals surface area contributed by atoms with Gasteiger partial charge in [0.2, 0.25) is 5.91 Å². The van der Waals surface area contributed by atoms with Crippen molar-refractivity contribution in [2.75, 3.05) is 18.2 Å². The second-order valence-electron chi connectivity index (χ2n) is 7.00. The van der Waals surface area contributed by atoms with Gasteiger partial charge in [0, 0.05) is 5.69 Å². The number of hydrogen-bond acceptors (Lipinski definition) is 5. The minimum atomic E-state index is -0.391. The summed E-state index contributed by atoms with van der Waals surface area (Å²) in [6.45, 7) is 1.94. The van der Waals surface area contributed by atoms with Gasteiger partial charge in [0.1, 0.15) is 11.6 Å². The lowest BCUT2D eigenvalue weighted by Crippen LogP contribution is -2.15. The minimum absolute atomic E-state index is 0.0966. The Hall–Kier alpha value is -3.65. The number of benzene rings is 3. The number of carbonyl (C=O) groups excluding carboxylic acids is 1. The van der Waals surface area contributed by atoms with E-state index in [-0.39, 0.29) is 11.7 Å². The lowest BCUT2D eigenvalue weighted by Gasteiger charge is -2.12. The molecule has 0 aliphatic heterocycles. The van der Waals surface area contributed by atoms with Crippen LogP contribution in [-0.4, -0.2) is 33.5 Å². The molecule has 0 aliphatic carbocycles. The van der Waals surface area contributed by atoms with Gasteiger partial charge in [-0.25, -0.2) is 4.39 Å². The first kappa shape index (κ1) is 21.6. The molecule has 0 bridgehead atoms. The number of para-hydroxylation sites is 1. The van der Waals surface area contributed by atoms with Crippen LogP contribution in [0.4, 0.5) is 10.1 Å². The molecule has 0 aliphatic rings. The van der Waals surface area contributed by atoms with Crippen molar-refractivity contribution in [2.24, 2.45) is 0 Å². The molecule has 1 aromatic heterocycles. The monoisotopic (exact) mass is 448 g/mol. The fraction of sp³-hybridized carbons (Fsp3) is 0.125. The van der Waals surface area contributed by atoms with E-state index in [0.29, 0.717) is 28.0 Å². The molecule has 162 valence electrons. The summed E-state index contributed by atoms with van der Waals surface area (Å²) in [6, 6.07) is 21.4. The van der Waals surface area contributed by atoms with Crippen molar-refractivity contribution in [2.45, 2.75) is 12.1 Å². The fourth-order valence-corrected chi connectivity index (χ4v) is 3.98. The first-order valence-corrected chi connectivity index (χ1v) is 10.9. The predicted octanol–water partition coefficient (Wildman–Crippen LogP) is 5.12. The van der Waals surface area contributed by atoms with Gasteiger partial charge in [-0.1, -0.05) is 48.2 Å². The van der Waals surface area contributed by atoms with E-state index in [2.05, 4.69) is 15.5 Å². The Morgan fingerprint density at radius 2 is 1.81 bits per heavy atom. The maximum Gasteiger partial charge on any atom is 0.234 e. The van der Waals surface area contributed by atoms with E-state index in [1.807, 2.05) is 55.5 Å². The van der Waals surface area contributed by atoms with E-state index < -0.39 is 5.82 Å². The Kier molecular flexibility index (Phi) is 6.51. The zero-order valence-corrected chi connectivity index (χ0v) is 18.4. The Balaban J connectivity index is 1.60. The van der Waals surface area contributed by atoms with Crippen LogP contribution < -0.4 is 10.1 Å². The normalized spacial score (nSPS) is 10.7. The van der Waals surface area contributed by atoms with Gasteiger partial charge in [0.05, 0.1) is 24.1 Å². The lowest BCUT2D eigenvalue weighted by atomic mass is 10.2. The summed E-state index contributed by atoms with van der Waals surface area (Å²) >= 11 is 1.22. The number of ether oxygens (including phenoxy) is 1. The van der Waals surface area contributed by atoms with Gasteiger partial charge >= 0.3 is 0 Å². The molecule has 0 atom stereocenters. The third-order valence-corrected chi connectivity index (χ3v) is 5.65. The SMILES string of the molecule is COc1ccc(C)cc1NC(=O)CSc1nnc(-c2ccccc2F)n1-c1ccccc1. The second kappa shape index (κ2) is 9.65. The van der Waals surface area contributed by atoms with Crippen molar-refractivity contribution in [1.82, 2.24) is 14.8 Å². The van der Waals surface area contributed by atoms with Crippen LogP contribution in [0.5, 0.6) is 5.75 Å². The van der Waals surface area contributed by atoms with Gasteiger partial charge in [-0.2, -0.15) is 0 Å². The summed E-state index contributed by atoms with van der Waals surface area (Å²) in [5, 5.41) is 11.8. The smallest absolute Gasteiger partial charge is 0.234 e. The molecule has 0 fully saturated rings. The molecule has 4 aromatic rings. The number of nitrogens with zero attached hydrogens (tertiary/aromatic N) is 3. The van der Waals surface area contributed by atoms with Crippen molar-refractivity contribution < 1.29 is 13.9 Å². The number of hydrogen-bond donors (Lipinski definition) is 1. The topological polar surface area (TPSA) is 69.0 Å². The van der Waals surface area contributed by atoms with Crippen LogP contribution >= 0.6 is 11.8 Å².